The van der Waals surface area contributed by atoms with Crippen LogP contribution in [-0.4, -0.2) is 34.3 Å². The number of rotatable bonds is 5. The van der Waals surface area contributed by atoms with Gasteiger partial charge in [-0.3, -0.25) is 9.48 Å². The number of alkyl carbamates (subject to hydrolysis) is 1. The molecule has 2 rings (SSSR count). The standard InChI is InChI=1S/C17H20FN3O3/c1-17(2,3)24-16(23)19-6-7-21-10-13(9-20-21)14-8-12(11-22)4-5-15(14)18/h4-5,8-11H,6-7H2,1-3H3,(H,19,23). The van der Waals surface area contributed by atoms with E-state index in [9.17, 15) is 14.0 Å². The summed E-state index contributed by atoms with van der Waals surface area (Å²) in [6, 6.07) is 4.14. The van der Waals surface area contributed by atoms with Crippen LogP contribution in [-0.2, 0) is 11.3 Å². The second-order valence-electron chi connectivity index (χ2n) is 6.28. The Bertz CT molecular complexity index is 735. The van der Waals surface area contributed by atoms with E-state index in [1.54, 1.807) is 31.6 Å². The first-order valence-electron chi connectivity index (χ1n) is 7.53. The molecule has 0 fully saturated rings. The second kappa shape index (κ2) is 7.25. The molecule has 0 unspecified atom stereocenters. The molecule has 1 aromatic heterocycles. The lowest BCUT2D eigenvalue weighted by Crippen LogP contribution is -2.34. The van der Waals surface area contributed by atoms with Gasteiger partial charge >= 0.3 is 6.09 Å². The number of carbonyl (C=O) groups is 2. The highest BCUT2D eigenvalue weighted by Crippen LogP contribution is 2.23. The Balaban J connectivity index is 1.97. The number of amides is 1. The van der Waals surface area contributed by atoms with Crippen LogP contribution in [0.25, 0.3) is 11.1 Å². The lowest BCUT2D eigenvalue weighted by Gasteiger charge is -2.19. The van der Waals surface area contributed by atoms with E-state index in [4.69, 9.17) is 4.74 Å². The normalized spacial score (nSPS) is 11.2. The van der Waals surface area contributed by atoms with Crippen LogP contribution in [0.15, 0.2) is 30.6 Å². The van der Waals surface area contributed by atoms with E-state index in [2.05, 4.69) is 10.4 Å². The van der Waals surface area contributed by atoms with E-state index >= 15 is 0 Å². The molecule has 1 aromatic carbocycles. The first kappa shape index (κ1) is 17.7. The number of hydrogen-bond acceptors (Lipinski definition) is 4. The summed E-state index contributed by atoms with van der Waals surface area (Å²) in [6.45, 7) is 6.10. The van der Waals surface area contributed by atoms with Crippen LogP contribution in [0.5, 0.6) is 0 Å². The van der Waals surface area contributed by atoms with Gasteiger partial charge in [-0.25, -0.2) is 9.18 Å². The van der Waals surface area contributed by atoms with Crippen molar-refractivity contribution in [1.29, 1.82) is 0 Å². The van der Waals surface area contributed by atoms with Crippen molar-refractivity contribution in [2.75, 3.05) is 6.54 Å². The van der Waals surface area contributed by atoms with Gasteiger partial charge in [0, 0.05) is 29.4 Å². The van der Waals surface area contributed by atoms with Crippen molar-refractivity contribution in [3.63, 3.8) is 0 Å². The summed E-state index contributed by atoms with van der Waals surface area (Å²) in [6.07, 6.45) is 3.34. The van der Waals surface area contributed by atoms with Crippen molar-refractivity contribution < 1.29 is 18.7 Å². The number of benzene rings is 1. The molecule has 0 saturated heterocycles. The van der Waals surface area contributed by atoms with E-state index in [1.807, 2.05) is 0 Å². The maximum absolute atomic E-state index is 13.9. The average molecular weight is 333 g/mol. The Morgan fingerprint density at radius 3 is 2.83 bits per heavy atom. The Hall–Kier alpha value is -2.70. The third-order valence-corrected chi connectivity index (χ3v) is 3.08. The lowest BCUT2D eigenvalue weighted by molar-refractivity contribution is 0.0525. The maximum Gasteiger partial charge on any atom is 0.407 e. The molecular formula is C17H20FN3O3. The van der Waals surface area contributed by atoms with Crippen molar-refractivity contribution in [3.05, 3.63) is 42.0 Å². The molecule has 0 spiro atoms. The molecule has 24 heavy (non-hydrogen) atoms. The molecule has 0 atom stereocenters. The molecule has 6 nitrogen and oxygen atoms in total. The third-order valence-electron chi connectivity index (χ3n) is 3.08. The number of halogens is 1. The first-order valence-corrected chi connectivity index (χ1v) is 7.53. The van der Waals surface area contributed by atoms with Gasteiger partial charge in [-0.1, -0.05) is 0 Å². The van der Waals surface area contributed by atoms with E-state index in [0.717, 1.165) is 0 Å². The van der Waals surface area contributed by atoms with Crippen molar-refractivity contribution in [1.82, 2.24) is 15.1 Å². The molecule has 1 amide bonds. The number of nitrogens with one attached hydrogen (secondary N) is 1. The van der Waals surface area contributed by atoms with Gasteiger partial charge in [0.1, 0.15) is 17.7 Å². The fourth-order valence-corrected chi connectivity index (χ4v) is 2.05. The highest BCUT2D eigenvalue weighted by molar-refractivity contribution is 5.78. The summed E-state index contributed by atoms with van der Waals surface area (Å²) in [7, 11) is 0. The van der Waals surface area contributed by atoms with E-state index < -0.39 is 17.5 Å². The van der Waals surface area contributed by atoms with Crippen LogP contribution in [0.4, 0.5) is 9.18 Å². The Kier molecular flexibility index (Phi) is 5.33. The summed E-state index contributed by atoms with van der Waals surface area (Å²) in [5.41, 5.74) is 0.717. The van der Waals surface area contributed by atoms with Crippen LogP contribution in [0.1, 0.15) is 31.1 Å². The van der Waals surface area contributed by atoms with E-state index in [-0.39, 0.29) is 0 Å². The fraction of sp³-hybridized carbons (Fsp3) is 0.353. The van der Waals surface area contributed by atoms with Crippen LogP contribution < -0.4 is 5.32 Å². The first-order chi connectivity index (χ1) is 11.3. The van der Waals surface area contributed by atoms with Gasteiger partial charge in [-0.15, -0.1) is 0 Å². The molecule has 0 saturated carbocycles. The zero-order valence-electron chi connectivity index (χ0n) is 13.9. The topological polar surface area (TPSA) is 73.2 Å². The molecular weight excluding hydrogens is 313 g/mol. The second-order valence-corrected chi connectivity index (χ2v) is 6.28. The third kappa shape index (κ3) is 4.91. The zero-order chi connectivity index (χ0) is 17.7. The summed E-state index contributed by atoms with van der Waals surface area (Å²) in [5.74, 6) is -0.424. The Labute approximate surface area is 139 Å². The van der Waals surface area contributed by atoms with Gasteiger partial charge in [-0.05, 0) is 39.0 Å². The lowest BCUT2D eigenvalue weighted by atomic mass is 10.1. The van der Waals surface area contributed by atoms with Crippen molar-refractivity contribution >= 4 is 12.4 Å². The average Bonchev–Trinajstić information content (AvgIpc) is 2.94. The predicted molar refractivity (Wildman–Crippen MR) is 87.2 cm³/mol. The van der Waals surface area contributed by atoms with Gasteiger partial charge in [0.15, 0.2) is 0 Å². The van der Waals surface area contributed by atoms with E-state index in [1.165, 1.54) is 24.4 Å². The Morgan fingerprint density at radius 2 is 2.17 bits per heavy atom. The number of hydrogen-bond donors (Lipinski definition) is 1. The van der Waals surface area contributed by atoms with Gasteiger partial charge in [0.2, 0.25) is 0 Å². The van der Waals surface area contributed by atoms with Gasteiger partial charge in [0.05, 0.1) is 12.7 Å². The molecule has 0 radical (unpaired) electrons. The summed E-state index contributed by atoms with van der Waals surface area (Å²) in [4.78, 5) is 22.4. The van der Waals surface area contributed by atoms with Gasteiger partial charge in [0.25, 0.3) is 0 Å². The van der Waals surface area contributed by atoms with Gasteiger partial charge in [-0.2, -0.15) is 5.10 Å². The molecule has 0 aliphatic heterocycles. The summed E-state index contributed by atoms with van der Waals surface area (Å²) < 4.78 is 20.6. The maximum atomic E-state index is 13.9. The zero-order valence-corrected chi connectivity index (χ0v) is 13.9. The fourth-order valence-electron chi connectivity index (χ4n) is 2.05. The molecule has 0 aliphatic rings. The van der Waals surface area contributed by atoms with Crippen LogP contribution >= 0.6 is 0 Å². The summed E-state index contributed by atoms with van der Waals surface area (Å²) >= 11 is 0. The largest absolute Gasteiger partial charge is 0.444 e. The Morgan fingerprint density at radius 1 is 1.42 bits per heavy atom. The molecule has 0 bridgehead atoms. The molecule has 2 aromatic rings. The molecule has 128 valence electrons. The minimum Gasteiger partial charge on any atom is -0.444 e. The molecule has 7 heteroatoms. The van der Waals surface area contributed by atoms with Crippen molar-refractivity contribution in [3.8, 4) is 11.1 Å². The van der Waals surface area contributed by atoms with E-state index in [0.29, 0.717) is 36.1 Å². The van der Waals surface area contributed by atoms with Gasteiger partial charge < -0.3 is 10.1 Å². The molecule has 1 N–H and O–H groups in total. The van der Waals surface area contributed by atoms with Crippen molar-refractivity contribution in [2.24, 2.45) is 0 Å². The summed E-state index contributed by atoms with van der Waals surface area (Å²) in [5, 5.41) is 6.75. The number of aldehydes is 1. The molecule has 1 heterocycles. The smallest absolute Gasteiger partial charge is 0.407 e. The minimum atomic E-state index is -0.552. The molecule has 0 aliphatic carbocycles. The SMILES string of the molecule is CC(C)(C)OC(=O)NCCn1cc(-c2cc(C=O)ccc2F)cn1. The highest BCUT2D eigenvalue weighted by atomic mass is 19.1. The minimum absolute atomic E-state index is 0.311. The van der Waals surface area contributed by atoms with Crippen molar-refractivity contribution in [2.45, 2.75) is 32.9 Å². The quantitative estimate of drug-likeness (QED) is 0.854. The highest BCUT2D eigenvalue weighted by Gasteiger charge is 2.15. The van der Waals surface area contributed by atoms with Crippen LogP contribution in [0.3, 0.4) is 0 Å². The monoisotopic (exact) mass is 333 g/mol. The number of carbonyl (C=O) groups excluding carboxylic acids is 2. The number of ether oxygens (including phenoxy) is 1. The van der Waals surface area contributed by atoms with Crippen LogP contribution in [0, 0.1) is 5.82 Å². The number of nitrogens with zero attached hydrogens (tertiary/aromatic N) is 2. The van der Waals surface area contributed by atoms with Crippen LogP contribution in [0.2, 0.25) is 0 Å². The number of aromatic nitrogens is 2. The predicted octanol–water partition coefficient (Wildman–Crippen LogP) is 3.03.